The summed E-state index contributed by atoms with van der Waals surface area (Å²) in [5.41, 5.74) is 8.25. The summed E-state index contributed by atoms with van der Waals surface area (Å²) in [7, 11) is 1.71. The molecule has 1 aromatic rings. The molecule has 1 rings (SSSR count). The topological polar surface area (TPSA) is 47.3 Å². The number of nitrogens with two attached hydrogens (primary N) is 1. The van der Waals surface area contributed by atoms with E-state index in [2.05, 4.69) is 43.4 Å². The number of hydrogen-bond acceptors (Lipinski definition) is 3. The lowest BCUT2D eigenvalue weighted by atomic mass is 10.0. The molecule has 0 radical (unpaired) electrons. The first-order valence-corrected chi connectivity index (χ1v) is 6.18. The van der Waals surface area contributed by atoms with Crippen molar-refractivity contribution in [2.24, 2.45) is 11.7 Å². The van der Waals surface area contributed by atoms with Crippen LogP contribution in [0.3, 0.4) is 0 Å². The van der Waals surface area contributed by atoms with E-state index >= 15 is 0 Å². The molecule has 96 valence electrons. The molecule has 0 saturated carbocycles. The monoisotopic (exact) mass is 236 g/mol. The number of hydrogen-bond donors (Lipinski definition) is 2. The molecule has 0 fully saturated rings. The third kappa shape index (κ3) is 4.86. The Hall–Kier alpha value is -0.900. The Morgan fingerprint density at radius 1 is 1.35 bits per heavy atom. The van der Waals surface area contributed by atoms with Crippen molar-refractivity contribution in [3.8, 4) is 0 Å². The number of rotatable bonds is 7. The molecule has 3 nitrogen and oxygen atoms in total. The van der Waals surface area contributed by atoms with Gasteiger partial charge in [0.25, 0.3) is 0 Å². The molecule has 1 aromatic carbocycles. The lowest BCUT2D eigenvalue weighted by molar-refractivity contribution is 0.185. The minimum Gasteiger partial charge on any atom is -0.380 e. The molecule has 0 spiro atoms. The average Bonchev–Trinajstić information content (AvgIpc) is 2.30. The van der Waals surface area contributed by atoms with Crippen molar-refractivity contribution in [1.82, 2.24) is 5.32 Å². The molecule has 1 unspecified atom stereocenters. The first-order chi connectivity index (χ1) is 8.17. The van der Waals surface area contributed by atoms with Gasteiger partial charge in [0.15, 0.2) is 0 Å². The zero-order valence-corrected chi connectivity index (χ0v) is 11.1. The molecule has 0 aliphatic carbocycles. The van der Waals surface area contributed by atoms with Crippen molar-refractivity contribution >= 4 is 0 Å². The van der Waals surface area contributed by atoms with E-state index in [9.17, 15) is 0 Å². The fourth-order valence-electron chi connectivity index (χ4n) is 1.78. The highest BCUT2D eigenvalue weighted by atomic mass is 16.5. The SMILES string of the molecule is COCc1cccc(C(CN)NCC(C)C)c1. The van der Waals surface area contributed by atoms with E-state index < -0.39 is 0 Å². The summed E-state index contributed by atoms with van der Waals surface area (Å²) in [5.74, 6) is 0.631. The molecule has 17 heavy (non-hydrogen) atoms. The zero-order valence-electron chi connectivity index (χ0n) is 11.1. The molecule has 0 amide bonds. The quantitative estimate of drug-likeness (QED) is 0.762. The minimum absolute atomic E-state index is 0.231. The summed E-state index contributed by atoms with van der Waals surface area (Å²) in [6.07, 6.45) is 0. The first kappa shape index (κ1) is 14.2. The molecule has 0 aromatic heterocycles. The highest BCUT2D eigenvalue weighted by Gasteiger charge is 2.09. The Bertz CT molecular complexity index is 326. The molecule has 1 atom stereocenters. The molecule has 3 N–H and O–H groups in total. The van der Waals surface area contributed by atoms with Gasteiger partial charge in [0.1, 0.15) is 0 Å². The maximum atomic E-state index is 5.82. The van der Waals surface area contributed by atoms with Crippen molar-refractivity contribution in [1.29, 1.82) is 0 Å². The van der Waals surface area contributed by atoms with Gasteiger partial charge in [-0.2, -0.15) is 0 Å². The van der Waals surface area contributed by atoms with E-state index in [0.29, 0.717) is 19.1 Å². The van der Waals surface area contributed by atoms with Gasteiger partial charge in [-0.25, -0.2) is 0 Å². The van der Waals surface area contributed by atoms with Gasteiger partial charge in [0, 0.05) is 19.7 Å². The van der Waals surface area contributed by atoms with Crippen LogP contribution in [-0.2, 0) is 11.3 Å². The van der Waals surface area contributed by atoms with Crippen molar-refractivity contribution in [3.05, 3.63) is 35.4 Å². The number of methoxy groups -OCH3 is 1. The Kier molecular flexibility index (Phi) is 6.19. The molecule has 3 heteroatoms. The van der Waals surface area contributed by atoms with Gasteiger partial charge in [-0.1, -0.05) is 38.1 Å². The summed E-state index contributed by atoms with van der Waals surface area (Å²) >= 11 is 0. The largest absolute Gasteiger partial charge is 0.380 e. The lowest BCUT2D eigenvalue weighted by Gasteiger charge is -2.19. The molecule has 0 aliphatic rings. The highest BCUT2D eigenvalue weighted by Crippen LogP contribution is 2.14. The van der Waals surface area contributed by atoms with Crippen LogP contribution in [0.5, 0.6) is 0 Å². The predicted octanol–water partition coefficient (Wildman–Crippen LogP) is 2.08. The number of benzene rings is 1. The molecule has 0 saturated heterocycles. The van der Waals surface area contributed by atoms with Gasteiger partial charge >= 0.3 is 0 Å². The average molecular weight is 236 g/mol. The van der Waals surface area contributed by atoms with Crippen LogP contribution in [0.2, 0.25) is 0 Å². The molecule has 0 aliphatic heterocycles. The second-order valence-electron chi connectivity index (χ2n) is 4.77. The first-order valence-electron chi connectivity index (χ1n) is 6.18. The van der Waals surface area contributed by atoms with Crippen LogP contribution >= 0.6 is 0 Å². The summed E-state index contributed by atoms with van der Waals surface area (Å²) in [6.45, 7) is 6.64. The summed E-state index contributed by atoms with van der Waals surface area (Å²) in [5, 5.41) is 3.49. The maximum absolute atomic E-state index is 5.82. The van der Waals surface area contributed by atoms with Crippen LogP contribution in [-0.4, -0.2) is 20.2 Å². The van der Waals surface area contributed by atoms with E-state index in [4.69, 9.17) is 10.5 Å². The van der Waals surface area contributed by atoms with Gasteiger partial charge < -0.3 is 15.8 Å². The van der Waals surface area contributed by atoms with Gasteiger partial charge in [0.05, 0.1) is 6.61 Å². The smallest absolute Gasteiger partial charge is 0.0713 e. The van der Waals surface area contributed by atoms with Gasteiger partial charge in [-0.3, -0.25) is 0 Å². The van der Waals surface area contributed by atoms with Crippen molar-refractivity contribution < 1.29 is 4.74 Å². The van der Waals surface area contributed by atoms with Gasteiger partial charge in [0.2, 0.25) is 0 Å². The van der Waals surface area contributed by atoms with Crippen molar-refractivity contribution in [2.75, 3.05) is 20.2 Å². The van der Waals surface area contributed by atoms with Crippen LogP contribution in [0.25, 0.3) is 0 Å². The van der Waals surface area contributed by atoms with E-state index in [1.54, 1.807) is 7.11 Å². The maximum Gasteiger partial charge on any atom is 0.0713 e. The van der Waals surface area contributed by atoms with Crippen molar-refractivity contribution in [2.45, 2.75) is 26.5 Å². The second-order valence-corrected chi connectivity index (χ2v) is 4.77. The fraction of sp³-hybridized carbons (Fsp3) is 0.571. The Labute approximate surface area is 104 Å². The summed E-state index contributed by atoms with van der Waals surface area (Å²) in [6, 6.07) is 8.64. The van der Waals surface area contributed by atoms with Crippen molar-refractivity contribution in [3.63, 3.8) is 0 Å². The molecular weight excluding hydrogens is 212 g/mol. The molecular formula is C14H24N2O. The van der Waals surface area contributed by atoms with Crippen LogP contribution in [0.15, 0.2) is 24.3 Å². The molecule has 0 bridgehead atoms. The third-order valence-electron chi connectivity index (χ3n) is 2.67. The highest BCUT2D eigenvalue weighted by molar-refractivity contribution is 5.26. The Balaban J connectivity index is 2.69. The minimum atomic E-state index is 0.231. The third-order valence-corrected chi connectivity index (χ3v) is 2.67. The van der Waals surface area contributed by atoms with Gasteiger partial charge in [-0.05, 0) is 23.6 Å². The van der Waals surface area contributed by atoms with E-state index in [1.165, 1.54) is 11.1 Å². The van der Waals surface area contributed by atoms with Crippen LogP contribution in [0.1, 0.15) is 31.0 Å². The van der Waals surface area contributed by atoms with Crippen LogP contribution < -0.4 is 11.1 Å². The van der Waals surface area contributed by atoms with E-state index in [1.807, 2.05) is 0 Å². The van der Waals surface area contributed by atoms with E-state index in [-0.39, 0.29) is 6.04 Å². The molecule has 0 heterocycles. The predicted molar refractivity (Wildman–Crippen MR) is 71.8 cm³/mol. The second kappa shape index (κ2) is 7.43. The Morgan fingerprint density at radius 2 is 2.12 bits per heavy atom. The zero-order chi connectivity index (χ0) is 12.7. The standard InChI is InChI=1S/C14H24N2O/c1-11(2)9-16-14(8-15)13-6-4-5-12(7-13)10-17-3/h4-7,11,14,16H,8-10,15H2,1-3H3. The van der Waals surface area contributed by atoms with Gasteiger partial charge in [-0.15, -0.1) is 0 Å². The lowest BCUT2D eigenvalue weighted by Crippen LogP contribution is -2.31. The van der Waals surface area contributed by atoms with Crippen LogP contribution in [0, 0.1) is 5.92 Å². The Morgan fingerprint density at radius 3 is 2.71 bits per heavy atom. The van der Waals surface area contributed by atoms with Crippen LogP contribution in [0.4, 0.5) is 0 Å². The van der Waals surface area contributed by atoms with E-state index in [0.717, 1.165) is 6.54 Å². The summed E-state index contributed by atoms with van der Waals surface area (Å²) < 4.78 is 5.14. The number of ether oxygens (including phenoxy) is 1. The summed E-state index contributed by atoms with van der Waals surface area (Å²) in [4.78, 5) is 0. The number of nitrogens with one attached hydrogen (secondary N) is 1. The fourth-order valence-corrected chi connectivity index (χ4v) is 1.78. The normalized spacial score (nSPS) is 13.0.